The van der Waals surface area contributed by atoms with Gasteiger partial charge in [0.15, 0.2) is 0 Å². The molecule has 0 saturated carbocycles. The van der Waals surface area contributed by atoms with Crippen LogP contribution >= 0.6 is 0 Å². The molecule has 6 heteroatoms. The van der Waals surface area contributed by atoms with Crippen molar-refractivity contribution in [1.82, 2.24) is 0 Å². The van der Waals surface area contributed by atoms with Gasteiger partial charge in [-0.05, 0) is 0 Å². The number of benzene rings is 1. The zero-order valence-corrected chi connectivity index (χ0v) is 8.67. The molecule has 0 fully saturated rings. The van der Waals surface area contributed by atoms with Crippen molar-refractivity contribution in [2.45, 2.75) is 0 Å². The summed E-state index contributed by atoms with van der Waals surface area (Å²) in [7, 11) is 3.22. The third-order valence-corrected chi connectivity index (χ3v) is 2.62. The summed E-state index contributed by atoms with van der Waals surface area (Å²) in [5.74, 6) is 0. The van der Waals surface area contributed by atoms with Gasteiger partial charge in [-0.3, -0.25) is 0 Å². The summed E-state index contributed by atoms with van der Waals surface area (Å²) < 4.78 is 0. The molecule has 1 aromatic carbocycles. The molecule has 0 aromatic heterocycles. The summed E-state index contributed by atoms with van der Waals surface area (Å²) in [5, 5.41) is 0. The molecule has 0 bridgehead atoms. The van der Waals surface area contributed by atoms with Crippen molar-refractivity contribution in [2.24, 2.45) is 19.6 Å². The quantitative estimate of drug-likeness (QED) is 0.645. The van der Waals surface area contributed by atoms with Gasteiger partial charge in [-0.1, -0.05) is 0 Å². The summed E-state index contributed by atoms with van der Waals surface area (Å²) in [6.45, 7) is 1.37. The molecule has 16 heavy (non-hydrogen) atoms. The molecule has 0 radical (unpaired) electrons. The SMILES string of the molecule is B1=NCC(c2ccc(C3=NB=NC3)cc2)=N1. The summed E-state index contributed by atoms with van der Waals surface area (Å²) in [4.78, 5) is 16.5. The Balaban J connectivity index is 1.85. The molecular formula is C10H8B2N4. The number of hydrogen-bond acceptors (Lipinski definition) is 4. The van der Waals surface area contributed by atoms with Gasteiger partial charge in [0.25, 0.3) is 0 Å². The van der Waals surface area contributed by atoms with Crippen LogP contribution in [0.15, 0.2) is 43.9 Å². The molecule has 74 valence electrons. The fourth-order valence-corrected chi connectivity index (χ4v) is 1.74. The van der Waals surface area contributed by atoms with Gasteiger partial charge >= 0.3 is 93.9 Å². The van der Waals surface area contributed by atoms with Gasteiger partial charge < -0.3 is 0 Å². The normalized spacial score (nSPS) is 16.8. The number of hydrogen-bond donors (Lipinski definition) is 0. The van der Waals surface area contributed by atoms with Crippen LogP contribution in [0.1, 0.15) is 11.1 Å². The van der Waals surface area contributed by atoms with Crippen LogP contribution < -0.4 is 0 Å². The Morgan fingerprint density at radius 3 is 1.50 bits per heavy atom. The molecule has 4 nitrogen and oxygen atoms in total. The van der Waals surface area contributed by atoms with Crippen molar-refractivity contribution in [3.63, 3.8) is 0 Å². The van der Waals surface area contributed by atoms with Crippen molar-refractivity contribution in [3.8, 4) is 0 Å². The number of nitrogens with zero attached hydrogens (tertiary/aromatic N) is 4. The van der Waals surface area contributed by atoms with Gasteiger partial charge in [-0.2, -0.15) is 0 Å². The third-order valence-electron chi connectivity index (χ3n) is 2.62. The van der Waals surface area contributed by atoms with Crippen LogP contribution in [0.5, 0.6) is 0 Å². The van der Waals surface area contributed by atoms with Crippen molar-refractivity contribution < 1.29 is 0 Å². The van der Waals surface area contributed by atoms with Crippen molar-refractivity contribution in [2.75, 3.05) is 13.1 Å². The van der Waals surface area contributed by atoms with Crippen LogP contribution in [0.25, 0.3) is 0 Å². The second-order valence-corrected chi connectivity index (χ2v) is 3.64. The average molecular weight is 206 g/mol. The molecular weight excluding hydrogens is 198 g/mol. The molecule has 0 amide bonds. The van der Waals surface area contributed by atoms with Crippen LogP contribution in [-0.4, -0.2) is 38.9 Å². The standard InChI is InChI=1S/C10H8B2N4/c1-2-8(10-6-14-12-16-10)4-3-7(1)9-5-13-11-15-9/h1-4H,5-6H2. The molecule has 1 aromatic rings. The Hall–Kier alpha value is -1.71. The summed E-state index contributed by atoms with van der Waals surface area (Å²) in [6.07, 6.45) is 0. The van der Waals surface area contributed by atoms with E-state index >= 15 is 0 Å². The molecule has 0 atom stereocenters. The first-order valence-corrected chi connectivity index (χ1v) is 5.14. The van der Waals surface area contributed by atoms with Crippen LogP contribution in [0, 0.1) is 0 Å². The van der Waals surface area contributed by atoms with Gasteiger partial charge in [0.1, 0.15) is 0 Å². The second-order valence-electron chi connectivity index (χ2n) is 3.64. The monoisotopic (exact) mass is 206 g/mol. The maximum absolute atomic E-state index is 4.20. The van der Waals surface area contributed by atoms with E-state index in [9.17, 15) is 0 Å². The van der Waals surface area contributed by atoms with E-state index in [0.29, 0.717) is 13.1 Å². The molecule has 0 saturated heterocycles. The van der Waals surface area contributed by atoms with Crippen molar-refractivity contribution >= 4 is 25.8 Å². The molecule has 0 spiro atoms. The zero-order chi connectivity index (χ0) is 10.8. The fourth-order valence-electron chi connectivity index (χ4n) is 1.74. The molecule has 3 rings (SSSR count). The summed E-state index contributed by atoms with van der Waals surface area (Å²) in [6, 6.07) is 8.24. The summed E-state index contributed by atoms with van der Waals surface area (Å²) in [5.41, 5.74) is 4.30. The third kappa shape index (κ3) is 1.71. The van der Waals surface area contributed by atoms with E-state index in [1.165, 1.54) is 0 Å². The first-order chi connectivity index (χ1) is 7.93. The Bertz CT molecular complexity index is 479. The van der Waals surface area contributed by atoms with Gasteiger partial charge in [0, 0.05) is 0 Å². The van der Waals surface area contributed by atoms with Crippen LogP contribution in [0.2, 0.25) is 0 Å². The van der Waals surface area contributed by atoms with Gasteiger partial charge in [0.05, 0.1) is 0 Å². The Morgan fingerprint density at radius 2 is 1.19 bits per heavy atom. The van der Waals surface area contributed by atoms with Crippen molar-refractivity contribution in [3.05, 3.63) is 35.4 Å². The Morgan fingerprint density at radius 1 is 0.750 bits per heavy atom. The van der Waals surface area contributed by atoms with Gasteiger partial charge in [0.2, 0.25) is 0 Å². The van der Waals surface area contributed by atoms with E-state index in [2.05, 4.69) is 43.9 Å². The van der Waals surface area contributed by atoms with E-state index in [0.717, 1.165) is 22.6 Å². The average Bonchev–Trinajstić information content (AvgIpc) is 3.03. The fraction of sp³-hybridized carbons (Fsp3) is 0.200. The number of rotatable bonds is 2. The first-order valence-electron chi connectivity index (χ1n) is 5.14. The minimum absolute atomic E-state index is 0.684. The maximum atomic E-state index is 4.20. The topological polar surface area (TPSA) is 49.4 Å². The van der Waals surface area contributed by atoms with E-state index in [1.807, 2.05) is 0 Å². The molecule has 0 aliphatic carbocycles. The van der Waals surface area contributed by atoms with Gasteiger partial charge in [-0.25, -0.2) is 0 Å². The van der Waals surface area contributed by atoms with Gasteiger partial charge in [-0.15, -0.1) is 0 Å². The molecule has 2 aliphatic heterocycles. The molecule has 2 aliphatic rings. The van der Waals surface area contributed by atoms with Crippen LogP contribution in [0.3, 0.4) is 0 Å². The minimum atomic E-state index is 0.684. The van der Waals surface area contributed by atoms with E-state index in [-0.39, 0.29) is 0 Å². The van der Waals surface area contributed by atoms with E-state index in [4.69, 9.17) is 0 Å². The predicted molar refractivity (Wildman–Crippen MR) is 65.6 cm³/mol. The van der Waals surface area contributed by atoms with Crippen LogP contribution in [0.4, 0.5) is 0 Å². The molecule has 2 heterocycles. The summed E-state index contributed by atoms with van der Waals surface area (Å²) >= 11 is 0. The molecule has 0 unspecified atom stereocenters. The van der Waals surface area contributed by atoms with Crippen LogP contribution in [-0.2, 0) is 0 Å². The van der Waals surface area contributed by atoms with Crippen molar-refractivity contribution in [1.29, 1.82) is 0 Å². The predicted octanol–water partition coefficient (Wildman–Crippen LogP) is 0.898. The first kappa shape index (κ1) is 9.51. The Kier molecular flexibility index (Phi) is 2.40. The zero-order valence-electron chi connectivity index (χ0n) is 8.67. The molecule has 0 N–H and O–H groups in total. The van der Waals surface area contributed by atoms with E-state index in [1.54, 1.807) is 14.4 Å². The van der Waals surface area contributed by atoms with E-state index < -0.39 is 0 Å². The Labute approximate surface area is 94.5 Å². The second kappa shape index (κ2) is 4.04.